The van der Waals surface area contributed by atoms with Crippen molar-refractivity contribution in [2.45, 2.75) is 137 Å². The maximum Gasteiger partial charge on any atom is 0.410 e. The normalized spacial score (nSPS) is 46.9. The van der Waals surface area contributed by atoms with Gasteiger partial charge in [-0.3, -0.25) is 4.90 Å². The number of aliphatic hydroxyl groups is 1. The summed E-state index contributed by atoms with van der Waals surface area (Å²) in [5.41, 5.74) is 0.121. The first-order chi connectivity index (χ1) is 24.6. The third kappa shape index (κ3) is 5.21. The standard InChI is InChI=1S/C42H69N3O7/c1-26(2)33(52-37(48)44-16-9-17-44)28-24-27(3)32-34(50-28)35(46)40(7)30-11-10-29-38(4,5)31(12-13-41(29)25-42(30,41)15-14-39(32,40)6)51-36(47)45-20-18-43(19-21-45)22-23-49-8/h26-35,46H,9-25H2,1-8H3/t27-,28-,29+,30+,31+,32+,33-,34+,35+,39-,40-,41-,42+/m1/s1. The molecule has 1 N–H and O–H groups in total. The second-order valence-corrected chi connectivity index (χ2v) is 20.2. The molecule has 3 saturated heterocycles. The molecule has 3 heterocycles. The Kier molecular flexibility index (Phi) is 9.31. The van der Waals surface area contributed by atoms with Crippen LogP contribution in [0.4, 0.5) is 9.59 Å². The Morgan fingerprint density at radius 3 is 2.21 bits per heavy atom. The number of likely N-dealkylation sites (tertiary alicyclic amines) is 1. The lowest BCUT2D eigenvalue weighted by atomic mass is 9.41. The number of nitrogens with zero attached hydrogens (tertiary/aromatic N) is 3. The van der Waals surface area contributed by atoms with Gasteiger partial charge in [0, 0.05) is 63.8 Å². The highest BCUT2D eigenvalue weighted by molar-refractivity contribution is 5.69. The number of methoxy groups -OCH3 is 1. The quantitative estimate of drug-likeness (QED) is 0.320. The van der Waals surface area contributed by atoms with Crippen molar-refractivity contribution < 1.29 is 33.6 Å². The second-order valence-electron chi connectivity index (χ2n) is 20.2. The molecule has 0 aromatic rings. The van der Waals surface area contributed by atoms with E-state index in [1.165, 1.54) is 12.8 Å². The zero-order valence-electron chi connectivity index (χ0n) is 33.5. The molecule has 294 valence electrons. The summed E-state index contributed by atoms with van der Waals surface area (Å²) < 4.78 is 24.9. The van der Waals surface area contributed by atoms with Gasteiger partial charge in [-0.25, -0.2) is 9.59 Å². The molecule has 8 rings (SSSR count). The lowest BCUT2D eigenvalue weighted by Gasteiger charge is -2.63. The van der Waals surface area contributed by atoms with E-state index < -0.39 is 6.10 Å². The monoisotopic (exact) mass is 728 g/mol. The van der Waals surface area contributed by atoms with Crippen LogP contribution in [0.5, 0.6) is 0 Å². The number of hydrogen-bond donors (Lipinski definition) is 1. The van der Waals surface area contributed by atoms with Crippen molar-refractivity contribution in [3.63, 3.8) is 0 Å². The molecule has 5 saturated carbocycles. The number of piperazine rings is 1. The third-order valence-electron chi connectivity index (χ3n) is 17.6. The SMILES string of the molecule is COCCN1CCN(C(=O)O[C@H]2CC[C@]34C[C@]35CC[C@]3(C)[C@@H]6[C@H](O[C@@H]([C@H](OC(=O)N7CCC7)C(C)C)C[C@H]6C)[C@H](O)[C@@]3(C)[C@@H]5CC[C@H]4C2(C)C)CC1. The van der Waals surface area contributed by atoms with Crippen molar-refractivity contribution >= 4 is 12.2 Å². The lowest BCUT2D eigenvalue weighted by Crippen LogP contribution is -2.60. The van der Waals surface area contributed by atoms with Gasteiger partial charge in [0.05, 0.1) is 24.9 Å². The fraction of sp³-hybridized carbons (Fsp3) is 0.952. The van der Waals surface area contributed by atoms with Gasteiger partial charge in [0.2, 0.25) is 0 Å². The summed E-state index contributed by atoms with van der Waals surface area (Å²) in [6.45, 7) is 22.6. The van der Waals surface area contributed by atoms with Gasteiger partial charge in [-0.15, -0.1) is 0 Å². The van der Waals surface area contributed by atoms with Gasteiger partial charge in [0.15, 0.2) is 0 Å². The minimum atomic E-state index is -0.553. The number of aliphatic hydroxyl groups excluding tert-OH is 1. The maximum absolute atomic E-state index is 13.5. The molecule has 10 heteroatoms. The Balaban J connectivity index is 0.977. The lowest BCUT2D eigenvalue weighted by molar-refractivity contribution is -0.185. The summed E-state index contributed by atoms with van der Waals surface area (Å²) >= 11 is 0. The first-order valence-electron chi connectivity index (χ1n) is 21.1. The molecule has 52 heavy (non-hydrogen) atoms. The van der Waals surface area contributed by atoms with E-state index in [0.717, 1.165) is 77.7 Å². The number of amides is 2. The van der Waals surface area contributed by atoms with Crippen LogP contribution in [0.3, 0.4) is 0 Å². The third-order valence-corrected chi connectivity index (χ3v) is 17.6. The number of carbonyl (C=O) groups is 2. The van der Waals surface area contributed by atoms with Gasteiger partial charge < -0.3 is 33.9 Å². The first kappa shape index (κ1) is 37.3. The van der Waals surface area contributed by atoms with E-state index in [9.17, 15) is 14.7 Å². The van der Waals surface area contributed by atoms with Crippen molar-refractivity contribution in [3.8, 4) is 0 Å². The Bertz CT molecular complexity index is 1380. The van der Waals surface area contributed by atoms with Crippen molar-refractivity contribution in [2.75, 3.05) is 59.5 Å². The fourth-order valence-electron chi connectivity index (χ4n) is 14.6. The van der Waals surface area contributed by atoms with Gasteiger partial charge in [0.25, 0.3) is 0 Å². The minimum Gasteiger partial charge on any atom is -0.446 e. The molecule has 5 aliphatic carbocycles. The number of ether oxygens (including phenoxy) is 4. The highest BCUT2D eigenvalue weighted by Crippen LogP contribution is 2.89. The van der Waals surface area contributed by atoms with E-state index >= 15 is 0 Å². The zero-order valence-corrected chi connectivity index (χ0v) is 33.5. The average Bonchev–Trinajstić information content (AvgIpc) is 3.71. The Labute approximate surface area is 313 Å². The molecular formula is C42H69N3O7. The molecule has 13 atom stereocenters. The van der Waals surface area contributed by atoms with Gasteiger partial charge >= 0.3 is 12.2 Å². The zero-order chi connectivity index (χ0) is 37.0. The molecule has 2 spiro atoms. The van der Waals surface area contributed by atoms with Crippen LogP contribution in [0.25, 0.3) is 0 Å². The van der Waals surface area contributed by atoms with E-state index in [1.54, 1.807) is 12.0 Å². The summed E-state index contributed by atoms with van der Waals surface area (Å²) in [4.78, 5) is 32.6. The van der Waals surface area contributed by atoms with Gasteiger partial charge in [-0.05, 0) is 104 Å². The molecule has 0 radical (unpaired) electrons. The largest absolute Gasteiger partial charge is 0.446 e. The summed E-state index contributed by atoms with van der Waals surface area (Å²) in [5, 5.41) is 12.7. The topological polar surface area (TPSA) is 101 Å². The van der Waals surface area contributed by atoms with Gasteiger partial charge in [-0.2, -0.15) is 0 Å². The second kappa shape index (κ2) is 13.0. The molecule has 8 fully saturated rings. The summed E-state index contributed by atoms with van der Waals surface area (Å²) in [5.74, 6) is 1.73. The summed E-state index contributed by atoms with van der Waals surface area (Å²) in [6.07, 6.45) is 8.01. The molecule has 0 aromatic carbocycles. The highest BCUT2D eigenvalue weighted by Gasteiger charge is 2.84. The number of hydrogen-bond acceptors (Lipinski definition) is 8. The van der Waals surface area contributed by atoms with Crippen molar-refractivity contribution in [2.24, 2.45) is 56.7 Å². The average molecular weight is 728 g/mol. The fourth-order valence-corrected chi connectivity index (χ4v) is 14.6. The highest BCUT2D eigenvalue weighted by atomic mass is 16.6. The van der Waals surface area contributed by atoms with E-state index in [2.05, 4.69) is 53.4 Å². The van der Waals surface area contributed by atoms with Crippen LogP contribution in [0, 0.1) is 56.7 Å². The Hall–Kier alpha value is -1.62. The molecule has 0 unspecified atom stereocenters. The van der Waals surface area contributed by atoms with Crippen LogP contribution >= 0.6 is 0 Å². The van der Waals surface area contributed by atoms with Crippen LogP contribution < -0.4 is 0 Å². The molecular weight excluding hydrogens is 658 g/mol. The Morgan fingerprint density at radius 2 is 1.56 bits per heavy atom. The summed E-state index contributed by atoms with van der Waals surface area (Å²) in [7, 11) is 1.74. The van der Waals surface area contributed by atoms with Crippen LogP contribution in [0.1, 0.15) is 106 Å². The number of fused-ring (bicyclic) bond motifs is 4. The van der Waals surface area contributed by atoms with Crippen molar-refractivity contribution in [1.29, 1.82) is 0 Å². The van der Waals surface area contributed by atoms with E-state index in [-0.39, 0.29) is 75.5 Å². The summed E-state index contributed by atoms with van der Waals surface area (Å²) in [6, 6.07) is 0. The Morgan fingerprint density at radius 1 is 0.885 bits per heavy atom. The van der Waals surface area contributed by atoms with E-state index in [1.807, 2.05) is 4.90 Å². The van der Waals surface area contributed by atoms with Gasteiger partial charge in [0.1, 0.15) is 12.2 Å². The van der Waals surface area contributed by atoms with Crippen molar-refractivity contribution in [1.82, 2.24) is 14.7 Å². The van der Waals surface area contributed by atoms with Crippen molar-refractivity contribution in [3.05, 3.63) is 0 Å². The van der Waals surface area contributed by atoms with Gasteiger partial charge in [-0.1, -0.05) is 48.5 Å². The molecule has 10 nitrogen and oxygen atoms in total. The van der Waals surface area contributed by atoms with Crippen LogP contribution in [0.2, 0.25) is 0 Å². The smallest absolute Gasteiger partial charge is 0.410 e. The maximum atomic E-state index is 13.5. The number of rotatable bonds is 7. The first-order valence-corrected chi connectivity index (χ1v) is 21.1. The van der Waals surface area contributed by atoms with E-state index in [0.29, 0.717) is 37.5 Å². The van der Waals surface area contributed by atoms with Crippen LogP contribution in [-0.4, -0.2) is 122 Å². The van der Waals surface area contributed by atoms with E-state index in [4.69, 9.17) is 18.9 Å². The molecule has 8 aliphatic rings. The molecule has 0 aromatic heterocycles. The van der Waals surface area contributed by atoms with Crippen LogP contribution in [-0.2, 0) is 18.9 Å². The predicted molar refractivity (Wildman–Crippen MR) is 198 cm³/mol. The minimum absolute atomic E-state index is 0.0223. The molecule has 3 aliphatic heterocycles. The molecule has 0 bridgehead atoms. The molecule has 2 amide bonds. The number of carbonyl (C=O) groups excluding carboxylic acids is 2. The van der Waals surface area contributed by atoms with Crippen LogP contribution in [0.15, 0.2) is 0 Å². The predicted octanol–water partition coefficient (Wildman–Crippen LogP) is 6.44.